The summed E-state index contributed by atoms with van der Waals surface area (Å²) in [7, 11) is 0. The van der Waals surface area contributed by atoms with E-state index in [1.165, 1.54) is 5.56 Å². The van der Waals surface area contributed by atoms with Crippen molar-refractivity contribution in [3.63, 3.8) is 0 Å². The molecule has 2 unspecified atom stereocenters. The molecule has 2 nitrogen and oxygen atoms in total. The van der Waals surface area contributed by atoms with Crippen molar-refractivity contribution in [1.29, 1.82) is 0 Å². The SMILES string of the molecule is C=C1C2(C(=O)Nc3cccc(C)c3C)CCC(C2)C1(C)C. The van der Waals surface area contributed by atoms with E-state index in [0.717, 1.165) is 36.1 Å². The van der Waals surface area contributed by atoms with E-state index in [2.05, 4.69) is 45.7 Å². The summed E-state index contributed by atoms with van der Waals surface area (Å²) in [6, 6.07) is 6.07. The monoisotopic (exact) mass is 283 g/mol. The Kier molecular flexibility index (Phi) is 3.05. The molecule has 112 valence electrons. The zero-order valence-corrected chi connectivity index (χ0v) is 13.5. The molecule has 2 bridgehead atoms. The Bertz CT molecular complexity index is 628. The second-order valence-electron chi connectivity index (χ2n) is 7.42. The maximum absolute atomic E-state index is 13.0. The molecule has 2 heteroatoms. The number of anilines is 1. The van der Waals surface area contributed by atoms with Gasteiger partial charge in [0.1, 0.15) is 0 Å². The molecule has 2 saturated carbocycles. The van der Waals surface area contributed by atoms with Gasteiger partial charge in [-0.2, -0.15) is 0 Å². The van der Waals surface area contributed by atoms with Crippen LogP contribution < -0.4 is 5.32 Å². The van der Waals surface area contributed by atoms with Gasteiger partial charge in [0.25, 0.3) is 0 Å². The summed E-state index contributed by atoms with van der Waals surface area (Å²) in [4.78, 5) is 13.0. The number of benzene rings is 1. The molecule has 0 aliphatic heterocycles. The van der Waals surface area contributed by atoms with Crippen molar-refractivity contribution in [2.24, 2.45) is 16.7 Å². The Morgan fingerprint density at radius 2 is 2.05 bits per heavy atom. The average molecular weight is 283 g/mol. The first kappa shape index (κ1) is 14.4. The van der Waals surface area contributed by atoms with E-state index in [1.54, 1.807) is 0 Å². The van der Waals surface area contributed by atoms with Crippen molar-refractivity contribution in [2.75, 3.05) is 5.32 Å². The van der Waals surface area contributed by atoms with Crippen LogP contribution in [0.15, 0.2) is 30.4 Å². The summed E-state index contributed by atoms with van der Waals surface area (Å²) >= 11 is 0. The molecule has 0 heterocycles. The highest BCUT2D eigenvalue weighted by Crippen LogP contribution is 2.65. The van der Waals surface area contributed by atoms with Gasteiger partial charge in [0.05, 0.1) is 5.41 Å². The summed E-state index contributed by atoms with van der Waals surface area (Å²) in [6.45, 7) is 12.9. The van der Waals surface area contributed by atoms with E-state index in [-0.39, 0.29) is 16.7 Å². The number of carbonyl (C=O) groups excluding carboxylic acids is 1. The quantitative estimate of drug-likeness (QED) is 0.788. The Balaban J connectivity index is 1.90. The molecule has 2 aliphatic carbocycles. The molecule has 1 amide bonds. The van der Waals surface area contributed by atoms with Gasteiger partial charge in [0, 0.05) is 5.69 Å². The van der Waals surface area contributed by atoms with Gasteiger partial charge in [-0.25, -0.2) is 0 Å². The highest BCUT2D eigenvalue weighted by Gasteiger charge is 2.60. The van der Waals surface area contributed by atoms with Crippen LogP contribution in [0.25, 0.3) is 0 Å². The number of carbonyl (C=O) groups is 1. The van der Waals surface area contributed by atoms with Gasteiger partial charge in [-0.3, -0.25) is 4.79 Å². The fraction of sp³-hybridized carbons (Fsp3) is 0.526. The summed E-state index contributed by atoms with van der Waals surface area (Å²) in [5, 5.41) is 3.18. The third-order valence-corrected chi connectivity index (χ3v) is 6.18. The number of fused-ring (bicyclic) bond motifs is 2. The van der Waals surface area contributed by atoms with E-state index in [0.29, 0.717) is 5.92 Å². The van der Waals surface area contributed by atoms with Crippen LogP contribution in [0.5, 0.6) is 0 Å². The van der Waals surface area contributed by atoms with E-state index >= 15 is 0 Å². The zero-order chi connectivity index (χ0) is 15.4. The van der Waals surface area contributed by atoms with Crippen LogP contribution in [-0.4, -0.2) is 5.91 Å². The van der Waals surface area contributed by atoms with Gasteiger partial charge >= 0.3 is 0 Å². The topological polar surface area (TPSA) is 29.1 Å². The molecule has 0 radical (unpaired) electrons. The van der Waals surface area contributed by atoms with Gasteiger partial charge in [-0.05, 0) is 61.6 Å². The van der Waals surface area contributed by atoms with Crippen molar-refractivity contribution >= 4 is 11.6 Å². The normalized spacial score (nSPS) is 29.7. The first-order chi connectivity index (χ1) is 9.79. The minimum Gasteiger partial charge on any atom is -0.325 e. The molecule has 2 atom stereocenters. The van der Waals surface area contributed by atoms with Crippen molar-refractivity contribution in [3.05, 3.63) is 41.5 Å². The third-order valence-electron chi connectivity index (χ3n) is 6.18. The highest BCUT2D eigenvalue weighted by atomic mass is 16.2. The Morgan fingerprint density at radius 1 is 1.33 bits per heavy atom. The number of hydrogen-bond donors (Lipinski definition) is 1. The highest BCUT2D eigenvalue weighted by molar-refractivity contribution is 5.99. The van der Waals surface area contributed by atoms with E-state index in [9.17, 15) is 4.79 Å². The van der Waals surface area contributed by atoms with Gasteiger partial charge in [-0.1, -0.05) is 38.1 Å². The van der Waals surface area contributed by atoms with Crippen LogP contribution in [0.2, 0.25) is 0 Å². The van der Waals surface area contributed by atoms with Crippen LogP contribution in [0, 0.1) is 30.6 Å². The lowest BCUT2D eigenvalue weighted by Crippen LogP contribution is -2.37. The zero-order valence-electron chi connectivity index (χ0n) is 13.5. The van der Waals surface area contributed by atoms with Crippen LogP contribution >= 0.6 is 0 Å². The van der Waals surface area contributed by atoms with Crippen LogP contribution in [0.1, 0.15) is 44.2 Å². The van der Waals surface area contributed by atoms with Gasteiger partial charge < -0.3 is 5.32 Å². The lowest BCUT2D eigenvalue weighted by Gasteiger charge is -2.37. The standard InChI is InChI=1S/C19H25NO/c1-12-7-6-8-16(13(12)2)20-17(21)19-10-9-15(11-19)18(4,5)14(19)3/h6-8,15H,3,9-11H2,1-2,4-5H3,(H,20,21). The molecule has 1 aromatic rings. The van der Waals surface area contributed by atoms with Crippen molar-refractivity contribution < 1.29 is 4.79 Å². The summed E-state index contributed by atoms with van der Waals surface area (Å²) in [5.74, 6) is 0.753. The lowest BCUT2D eigenvalue weighted by atomic mass is 9.68. The third kappa shape index (κ3) is 1.88. The number of hydrogen-bond acceptors (Lipinski definition) is 1. The number of rotatable bonds is 2. The second kappa shape index (κ2) is 4.46. The minimum absolute atomic E-state index is 0.0945. The Labute approximate surface area is 127 Å². The lowest BCUT2D eigenvalue weighted by molar-refractivity contribution is -0.123. The number of nitrogens with one attached hydrogen (secondary N) is 1. The predicted octanol–water partition coefficient (Wildman–Crippen LogP) is 4.62. The average Bonchev–Trinajstić information content (AvgIpc) is 2.96. The van der Waals surface area contributed by atoms with E-state index in [4.69, 9.17) is 0 Å². The van der Waals surface area contributed by atoms with Crippen molar-refractivity contribution in [1.82, 2.24) is 0 Å². The van der Waals surface area contributed by atoms with E-state index in [1.807, 2.05) is 12.1 Å². The Hall–Kier alpha value is -1.57. The minimum atomic E-state index is -0.343. The molecule has 1 N–H and O–H groups in total. The maximum atomic E-state index is 13.0. The molecule has 21 heavy (non-hydrogen) atoms. The first-order valence-corrected chi connectivity index (χ1v) is 7.86. The smallest absolute Gasteiger partial charge is 0.234 e. The molecule has 0 aromatic heterocycles. The van der Waals surface area contributed by atoms with Gasteiger partial charge in [0.2, 0.25) is 5.91 Å². The fourth-order valence-electron chi connectivity index (χ4n) is 4.27. The van der Waals surface area contributed by atoms with Crippen LogP contribution in [-0.2, 0) is 4.79 Å². The van der Waals surface area contributed by atoms with Crippen molar-refractivity contribution in [3.8, 4) is 0 Å². The number of aryl methyl sites for hydroxylation is 1. The Morgan fingerprint density at radius 3 is 2.67 bits per heavy atom. The molecule has 2 fully saturated rings. The molecule has 2 aliphatic rings. The fourth-order valence-corrected chi connectivity index (χ4v) is 4.27. The molecular weight excluding hydrogens is 258 g/mol. The van der Waals surface area contributed by atoms with Gasteiger partial charge in [-0.15, -0.1) is 0 Å². The van der Waals surface area contributed by atoms with Crippen LogP contribution in [0.3, 0.4) is 0 Å². The number of amides is 1. The molecule has 0 spiro atoms. The summed E-state index contributed by atoms with van der Waals surface area (Å²) in [6.07, 6.45) is 3.07. The maximum Gasteiger partial charge on any atom is 0.234 e. The molecular formula is C19H25NO. The summed E-state index contributed by atoms with van der Waals surface area (Å²) in [5.41, 5.74) is 4.19. The molecule has 3 rings (SSSR count). The van der Waals surface area contributed by atoms with Gasteiger partial charge in [0.15, 0.2) is 0 Å². The first-order valence-electron chi connectivity index (χ1n) is 7.86. The predicted molar refractivity (Wildman–Crippen MR) is 87.2 cm³/mol. The van der Waals surface area contributed by atoms with Crippen molar-refractivity contribution in [2.45, 2.75) is 47.0 Å². The van der Waals surface area contributed by atoms with E-state index < -0.39 is 0 Å². The molecule has 1 aromatic carbocycles. The van der Waals surface area contributed by atoms with Crippen LogP contribution in [0.4, 0.5) is 5.69 Å². The largest absolute Gasteiger partial charge is 0.325 e. The molecule has 0 saturated heterocycles. The second-order valence-corrected chi connectivity index (χ2v) is 7.42. The summed E-state index contributed by atoms with van der Waals surface area (Å²) < 4.78 is 0.